The minimum absolute atomic E-state index is 0.262. The van der Waals surface area contributed by atoms with E-state index in [-0.39, 0.29) is 5.91 Å². The molecule has 6 heteroatoms. The summed E-state index contributed by atoms with van der Waals surface area (Å²) >= 11 is 11.5. The Morgan fingerprint density at radius 1 is 1.00 bits per heavy atom. The fourth-order valence-electron chi connectivity index (χ4n) is 2.84. The van der Waals surface area contributed by atoms with Crippen molar-refractivity contribution < 1.29 is 4.79 Å². The molecule has 0 aliphatic carbocycles. The Morgan fingerprint density at radius 2 is 1.64 bits per heavy atom. The van der Waals surface area contributed by atoms with Gasteiger partial charge in [0, 0.05) is 32.7 Å². The van der Waals surface area contributed by atoms with E-state index in [4.69, 9.17) is 23.8 Å². The number of nitrogens with zero attached hydrogens (tertiary/aromatic N) is 2. The summed E-state index contributed by atoms with van der Waals surface area (Å²) in [6.45, 7) is 4.37. The zero-order valence-electron chi connectivity index (χ0n) is 13.8. The van der Waals surface area contributed by atoms with Crippen molar-refractivity contribution in [1.82, 2.24) is 15.1 Å². The number of hydrogen-bond acceptors (Lipinski definition) is 3. The molecule has 130 valence electrons. The highest BCUT2D eigenvalue weighted by Crippen LogP contribution is 2.15. The average molecular weight is 374 g/mol. The third-order valence-corrected chi connectivity index (χ3v) is 4.94. The number of carbonyl (C=O) groups excluding carboxylic acids is 1. The minimum atomic E-state index is -0.262. The number of benzene rings is 2. The number of rotatable bonds is 3. The van der Waals surface area contributed by atoms with Gasteiger partial charge in [0.25, 0.3) is 5.91 Å². The molecule has 0 saturated carbocycles. The first kappa shape index (κ1) is 17.9. The molecule has 1 aliphatic rings. The molecule has 0 atom stereocenters. The molecular formula is C19H20ClN3OS. The number of amides is 1. The van der Waals surface area contributed by atoms with Gasteiger partial charge in [-0.3, -0.25) is 15.0 Å². The van der Waals surface area contributed by atoms with Crippen LogP contribution >= 0.6 is 23.8 Å². The van der Waals surface area contributed by atoms with Crippen molar-refractivity contribution in [1.29, 1.82) is 0 Å². The minimum Gasteiger partial charge on any atom is -0.346 e. The van der Waals surface area contributed by atoms with E-state index < -0.39 is 0 Å². The summed E-state index contributed by atoms with van der Waals surface area (Å²) in [6.07, 6.45) is 0. The molecule has 0 bridgehead atoms. The van der Waals surface area contributed by atoms with Crippen molar-refractivity contribution in [3.05, 3.63) is 70.7 Å². The molecule has 1 N–H and O–H groups in total. The molecule has 1 amide bonds. The van der Waals surface area contributed by atoms with Gasteiger partial charge in [-0.2, -0.15) is 0 Å². The topological polar surface area (TPSA) is 35.6 Å². The number of halogens is 1. The first-order chi connectivity index (χ1) is 12.1. The molecule has 4 nitrogen and oxygen atoms in total. The molecule has 2 aromatic rings. The molecule has 25 heavy (non-hydrogen) atoms. The smallest absolute Gasteiger partial charge is 0.258 e. The molecule has 1 heterocycles. The summed E-state index contributed by atoms with van der Waals surface area (Å²) in [5.74, 6) is -0.262. The van der Waals surface area contributed by atoms with Crippen molar-refractivity contribution in [2.24, 2.45) is 0 Å². The molecule has 1 fully saturated rings. The van der Waals surface area contributed by atoms with Crippen LogP contribution in [0.25, 0.3) is 0 Å². The third-order valence-electron chi connectivity index (χ3n) is 4.25. The molecule has 0 spiro atoms. The maximum atomic E-state index is 12.3. The Labute approximate surface area is 158 Å². The molecule has 1 saturated heterocycles. The lowest BCUT2D eigenvalue weighted by Gasteiger charge is -2.36. The van der Waals surface area contributed by atoms with E-state index in [0.29, 0.717) is 15.7 Å². The quantitative estimate of drug-likeness (QED) is 0.838. The lowest BCUT2D eigenvalue weighted by atomic mass is 10.2. The maximum Gasteiger partial charge on any atom is 0.258 e. The van der Waals surface area contributed by atoms with Crippen LogP contribution in [0.15, 0.2) is 54.6 Å². The third kappa shape index (κ3) is 4.78. The van der Waals surface area contributed by atoms with Gasteiger partial charge in [0.1, 0.15) is 0 Å². The van der Waals surface area contributed by atoms with Gasteiger partial charge < -0.3 is 4.90 Å². The van der Waals surface area contributed by atoms with Crippen LogP contribution < -0.4 is 5.32 Å². The Kier molecular flexibility index (Phi) is 6.02. The number of nitrogens with one attached hydrogen (secondary N) is 1. The molecular weight excluding hydrogens is 354 g/mol. The van der Waals surface area contributed by atoms with Gasteiger partial charge >= 0.3 is 0 Å². The highest BCUT2D eigenvalue weighted by molar-refractivity contribution is 7.80. The van der Waals surface area contributed by atoms with Gasteiger partial charge in [-0.25, -0.2) is 0 Å². The number of piperazine rings is 1. The van der Waals surface area contributed by atoms with Gasteiger partial charge in [-0.05, 0) is 29.9 Å². The zero-order valence-corrected chi connectivity index (χ0v) is 15.4. The SMILES string of the molecule is O=C(NC(=S)N1CCN(Cc2ccccc2)CC1)c1ccccc1Cl. The fourth-order valence-corrected chi connectivity index (χ4v) is 3.34. The van der Waals surface area contributed by atoms with Crippen molar-refractivity contribution >= 4 is 34.8 Å². The normalized spacial score (nSPS) is 15.0. The zero-order chi connectivity index (χ0) is 17.6. The van der Waals surface area contributed by atoms with Gasteiger partial charge in [0.05, 0.1) is 10.6 Å². The van der Waals surface area contributed by atoms with E-state index in [1.165, 1.54) is 5.56 Å². The second-order valence-corrected chi connectivity index (χ2v) is 6.78. The van der Waals surface area contributed by atoms with Crippen LogP contribution in [0.4, 0.5) is 0 Å². The summed E-state index contributed by atoms with van der Waals surface area (Å²) in [5.41, 5.74) is 1.75. The molecule has 0 unspecified atom stereocenters. The molecule has 0 radical (unpaired) electrons. The summed E-state index contributed by atoms with van der Waals surface area (Å²) in [7, 11) is 0. The van der Waals surface area contributed by atoms with E-state index in [2.05, 4.69) is 34.5 Å². The van der Waals surface area contributed by atoms with Gasteiger partial charge in [0.2, 0.25) is 0 Å². The Balaban J connectivity index is 1.50. The molecule has 1 aliphatic heterocycles. The predicted molar refractivity (Wildman–Crippen MR) is 105 cm³/mol. The van der Waals surface area contributed by atoms with Crippen LogP contribution in [0, 0.1) is 0 Å². The highest BCUT2D eigenvalue weighted by atomic mass is 35.5. The number of thiocarbonyl (C=S) groups is 1. The summed E-state index contributed by atoms with van der Waals surface area (Å²) in [6, 6.07) is 17.4. The first-order valence-corrected chi connectivity index (χ1v) is 9.03. The standard InChI is InChI=1S/C19H20ClN3OS/c20-17-9-5-4-8-16(17)18(24)21-19(25)23-12-10-22(11-13-23)14-15-6-2-1-3-7-15/h1-9H,10-14H2,(H,21,24,25). The van der Waals surface area contributed by atoms with E-state index in [1.54, 1.807) is 24.3 Å². The van der Waals surface area contributed by atoms with Crippen LogP contribution in [0.3, 0.4) is 0 Å². The fraction of sp³-hybridized carbons (Fsp3) is 0.263. The van der Waals surface area contributed by atoms with Gasteiger partial charge in [0.15, 0.2) is 5.11 Å². The summed E-state index contributed by atoms with van der Waals surface area (Å²) < 4.78 is 0. The molecule has 3 rings (SSSR count). The Bertz CT molecular complexity index is 745. The maximum absolute atomic E-state index is 12.3. The molecule has 2 aromatic carbocycles. The largest absolute Gasteiger partial charge is 0.346 e. The second kappa shape index (κ2) is 8.43. The monoisotopic (exact) mass is 373 g/mol. The Hall–Kier alpha value is -1.95. The summed E-state index contributed by atoms with van der Waals surface area (Å²) in [4.78, 5) is 16.7. The predicted octanol–water partition coefficient (Wildman–Crippen LogP) is 3.17. The second-order valence-electron chi connectivity index (χ2n) is 5.99. The van der Waals surface area contributed by atoms with Crippen LogP contribution in [-0.4, -0.2) is 47.0 Å². The van der Waals surface area contributed by atoms with Gasteiger partial charge in [-0.1, -0.05) is 54.1 Å². The highest BCUT2D eigenvalue weighted by Gasteiger charge is 2.21. The lowest BCUT2D eigenvalue weighted by molar-refractivity contribution is 0.0969. The van der Waals surface area contributed by atoms with Crippen LogP contribution in [0.1, 0.15) is 15.9 Å². The van der Waals surface area contributed by atoms with Crippen molar-refractivity contribution in [3.8, 4) is 0 Å². The van der Waals surface area contributed by atoms with Crippen LogP contribution in [0.5, 0.6) is 0 Å². The van der Waals surface area contributed by atoms with E-state index in [0.717, 1.165) is 32.7 Å². The summed E-state index contributed by atoms with van der Waals surface area (Å²) in [5, 5.41) is 3.68. The van der Waals surface area contributed by atoms with Gasteiger partial charge in [-0.15, -0.1) is 0 Å². The van der Waals surface area contributed by atoms with Crippen LogP contribution in [0.2, 0.25) is 5.02 Å². The number of hydrogen-bond donors (Lipinski definition) is 1. The average Bonchev–Trinajstić information content (AvgIpc) is 2.63. The molecule has 0 aromatic heterocycles. The van der Waals surface area contributed by atoms with Crippen molar-refractivity contribution in [2.75, 3.05) is 26.2 Å². The van der Waals surface area contributed by atoms with E-state index >= 15 is 0 Å². The lowest BCUT2D eigenvalue weighted by Crippen LogP contribution is -2.52. The van der Waals surface area contributed by atoms with E-state index in [9.17, 15) is 4.79 Å². The van der Waals surface area contributed by atoms with Crippen molar-refractivity contribution in [2.45, 2.75) is 6.54 Å². The van der Waals surface area contributed by atoms with E-state index in [1.807, 2.05) is 11.0 Å². The van der Waals surface area contributed by atoms with Crippen LogP contribution in [-0.2, 0) is 6.54 Å². The Morgan fingerprint density at radius 3 is 2.32 bits per heavy atom. The number of carbonyl (C=O) groups is 1. The first-order valence-electron chi connectivity index (χ1n) is 8.24. The van der Waals surface area contributed by atoms with Crippen molar-refractivity contribution in [3.63, 3.8) is 0 Å².